The van der Waals surface area contributed by atoms with Gasteiger partial charge in [0.25, 0.3) is 5.91 Å². The van der Waals surface area contributed by atoms with E-state index in [2.05, 4.69) is 28.7 Å². The molecule has 124 valence electrons. The normalized spacial score (nSPS) is 10.8. The molecule has 0 aliphatic rings. The second-order valence-electron chi connectivity index (χ2n) is 5.12. The molecule has 0 saturated carbocycles. The van der Waals surface area contributed by atoms with Gasteiger partial charge in [-0.2, -0.15) is 0 Å². The van der Waals surface area contributed by atoms with Crippen LogP contribution in [-0.4, -0.2) is 16.6 Å². The van der Waals surface area contributed by atoms with E-state index in [-0.39, 0.29) is 5.91 Å². The second-order valence-corrected chi connectivity index (χ2v) is 8.45. The molecule has 3 rings (SSSR count). The lowest BCUT2D eigenvalue weighted by atomic mass is 10.2. The van der Waals surface area contributed by atoms with Crippen LogP contribution in [0.15, 0.2) is 46.7 Å². The van der Waals surface area contributed by atoms with Gasteiger partial charge in [-0.25, -0.2) is 4.98 Å². The van der Waals surface area contributed by atoms with Crippen molar-refractivity contribution in [2.45, 2.75) is 25.3 Å². The van der Waals surface area contributed by atoms with E-state index in [4.69, 9.17) is 0 Å². The Morgan fingerprint density at radius 3 is 2.83 bits per heavy atom. The molecule has 0 fully saturated rings. The van der Waals surface area contributed by atoms with Crippen molar-refractivity contribution in [3.8, 4) is 9.88 Å². The first-order chi connectivity index (χ1) is 11.7. The van der Waals surface area contributed by atoms with E-state index in [0.717, 1.165) is 31.8 Å². The zero-order chi connectivity index (χ0) is 16.9. The van der Waals surface area contributed by atoms with E-state index >= 15 is 0 Å². The molecule has 0 bridgehead atoms. The number of amides is 1. The van der Waals surface area contributed by atoms with Gasteiger partial charge in [-0.1, -0.05) is 25.1 Å². The Bertz CT molecular complexity index is 825. The SMILES string of the molecule is CCSc1ccccc1C(=O)NCc1sc(-c2cccs2)nc1C. The number of thiophene rings is 1. The van der Waals surface area contributed by atoms with E-state index in [9.17, 15) is 4.79 Å². The lowest BCUT2D eigenvalue weighted by Crippen LogP contribution is -2.23. The van der Waals surface area contributed by atoms with Crippen LogP contribution >= 0.6 is 34.4 Å². The van der Waals surface area contributed by atoms with Gasteiger partial charge in [-0.3, -0.25) is 4.79 Å². The van der Waals surface area contributed by atoms with E-state index < -0.39 is 0 Å². The topological polar surface area (TPSA) is 42.0 Å². The molecule has 0 atom stereocenters. The molecule has 0 saturated heterocycles. The minimum absolute atomic E-state index is 0.0305. The molecular weight excluding hydrogens is 356 g/mol. The number of rotatable bonds is 6. The molecule has 24 heavy (non-hydrogen) atoms. The standard InChI is InChI=1S/C18H18N2OS3/c1-3-22-14-8-5-4-7-13(14)17(21)19-11-16-12(2)20-18(24-16)15-9-6-10-23-15/h4-10H,3,11H2,1-2H3,(H,19,21). The van der Waals surface area contributed by atoms with Crippen molar-refractivity contribution in [1.82, 2.24) is 10.3 Å². The predicted molar refractivity (Wildman–Crippen MR) is 104 cm³/mol. The molecule has 2 heterocycles. The van der Waals surface area contributed by atoms with Crippen molar-refractivity contribution in [2.24, 2.45) is 0 Å². The van der Waals surface area contributed by atoms with Crippen LogP contribution in [0.3, 0.4) is 0 Å². The third kappa shape index (κ3) is 3.88. The Kier molecular flexibility index (Phi) is 5.71. The average molecular weight is 375 g/mol. The molecule has 6 heteroatoms. The molecular formula is C18H18N2OS3. The van der Waals surface area contributed by atoms with Crippen LogP contribution in [0.25, 0.3) is 9.88 Å². The molecule has 0 aliphatic carbocycles. The van der Waals surface area contributed by atoms with E-state index in [1.54, 1.807) is 34.4 Å². The molecule has 1 N–H and O–H groups in total. The van der Waals surface area contributed by atoms with Crippen LogP contribution in [0, 0.1) is 6.92 Å². The highest BCUT2D eigenvalue weighted by atomic mass is 32.2. The van der Waals surface area contributed by atoms with Gasteiger partial charge in [0, 0.05) is 9.77 Å². The summed E-state index contributed by atoms with van der Waals surface area (Å²) in [6.45, 7) is 4.60. The van der Waals surface area contributed by atoms with Crippen LogP contribution in [0.4, 0.5) is 0 Å². The smallest absolute Gasteiger partial charge is 0.252 e. The van der Waals surface area contributed by atoms with Crippen molar-refractivity contribution in [3.63, 3.8) is 0 Å². The zero-order valence-corrected chi connectivity index (χ0v) is 16.0. The summed E-state index contributed by atoms with van der Waals surface area (Å²) >= 11 is 5.02. The highest BCUT2D eigenvalue weighted by Gasteiger charge is 2.14. The first kappa shape index (κ1) is 17.2. The van der Waals surface area contributed by atoms with Gasteiger partial charge < -0.3 is 5.32 Å². The largest absolute Gasteiger partial charge is 0.347 e. The summed E-state index contributed by atoms with van der Waals surface area (Å²) in [4.78, 5) is 20.4. The Balaban J connectivity index is 1.71. The number of hydrogen-bond donors (Lipinski definition) is 1. The minimum Gasteiger partial charge on any atom is -0.347 e. The van der Waals surface area contributed by atoms with Gasteiger partial charge in [0.2, 0.25) is 0 Å². The summed E-state index contributed by atoms with van der Waals surface area (Å²) in [5.41, 5.74) is 1.73. The summed E-state index contributed by atoms with van der Waals surface area (Å²) in [5, 5.41) is 6.11. The monoisotopic (exact) mass is 374 g/mol. The molecule has 0 spiro atoms. The summed E-state index contributed by atoms with van der Waals surface area (Å²) in [7, 11) is 0. The lowest BCUT2D eigenvalue weighted by molar-refractivity contribution is 0.0948. The Labute approximate surface area is 154 Å². The van der Waals surface area contributed by atoms with Gasteiger partial charge in [0.05, 0.1) is 22.7 Å². The maximum Gasteiger partial charge on any atom is 0.252 e. The third-order valence-corrected chi connectivity index (χ3v) is 6.62. The van der Waals surface area contributed by atoms with Crippen molar-refractivity contribution in [1.29, 1.82) is 0 Å². The van der Waals surface area contributed by atoms with Crippen LogP contribution in [0.5, 0.6) is 0 Å². The Hall–Kier alpha value is -1.63. The number of aromatic nitrogens is 1. The quantitative estimate of drug-likeness (QED) is 0.601. The van der Waals surface area contributed by atoms with Crippen LogP contribution in [-0.2, 0) is 6.54 Å². The zero-order valence-electron chi connectivity index (χ0n) is 13.5. The summed E-state index contributed by atoms with van der Waals surface area (Å²) in [6, 6.07) is 11.8. The van der Waals surface area contributed by atoms with E-state index in [0.29, 0.717) is 6.54 Å². The first-order valence-electron chi connectivity index (χ1n) is 7.69. The van der Waals surface area contributed by atoms with Crippen molar-refractivity contribution in [3.05, 3.63) is 57.9 Å². The first-order valence-corrected chi connectivity index (χ1v) is 10.4. The summed E-state index contributed by atoms with van der Waals surface area (Å²) < 4.78 is 0. The minimum atomic E-state index is -0.0305. The lowest BCUT2D eigenvalue weighted by Gasteiger charge is -2.08. The molecule has 0 unspecified atom stereocenters. The summed E-state index contributed by atoms with van der Waals surface area (Å²) in [5.74, 6) is 0.916. The number of nitrogens with one attached hydrogen (secondary N) is 1. The third-order valence-electron chi connectivity index (χ3n) is 3.47. The fourth-order valence-electron chi connectivity index (χ4n) is 2.29. The Morgan fingerprint density at radius 1 is 1.25 bits per heavy atom. The maximum absolute atomic E-state index is 12.5. The van der Waals surface area contributed by atoms with Gasteiger partial charge in [-0.15, -0.1) is 34.4 Å². The molecule has 2 aromatic heterocycles. The van der Waals surface area contributed by atoms with Crippen molar-refractivity contribution >= 4 is 40.3 Å². The fourth-order valence-corrected chi connectivity index (χ4v) is 4.89. The van der Waals surface area contributed by atoms with E-state index in [1.807, 2.05) is 37.3 Å². The number of thioether (sulfide) groups is 1. The highest BCUT2D eigenvalue weighted by molar-refractivity contribution is 7.99. The van der Waals surface area contributed by atoms with Crippen LogP contribution < -0.4 is 5.32 Å². The fraction of sp³-hybridized carbons (Fsp3) is 0.222. The number of nitrogens with zero attached hydrogens (tertiary/aromatic N) is 1. The van der Waals surface area contributed by atoms with Gasteiger partial charge in [0.1, 0.15) is 5.01 Å². The number of carbonyl (C=O) groups excluding carboxylic acids is 1. The average Bonchev–Trinajstić information content (AvgIpc) is 3.23. The molecule has 3 aromatic rings. The molecule has 0 radical (unpaired) electrons. The Morgan fingerprint density at radius 2 is 2.08 bits per heavy atom. The van der Waals surface area contributed by atoms with Crippen molar-refractivity contribution < 1.29 is 4.79 Å². The van der Waals surface area contributed by atoms with Gasteiger partial charge in [0.15, 0.2) is 0 Å². The molecule has 1 amide bonds. The number of aryl methyl sites for hydroxylation is 1. The number of carbonyl (C=O) groups is 1. The number of hydrogen-bond acceptors (Lipinski definition) is 5. The second kappa shape index (κ2) is 7.96. The van der Waals surface area contributed by atoms with E-state index in [1.165, 1.54) is 4.88 Å². The maximum atomic E-state index is 12.5. The van der Waals surface area contributed by atoms with Crippen LogP contribution in [0.2, 0.25) is 0 Å². The number of benzene rings is 1. The predicted octanol–water partition coefficient (Wildman–Crippen LogP) is 5.22. The van der Waals surface area contributed by atoms with Crippen LogP contribution in [0.1, 0.15) is 27.9 Å². The van der Waals surface area contributed by atoms with Crippen molar-refractivity contribution in [2.75, 3.05) is 5.75 Å². The molecule has 3 nitrogen and oxygen atoms in total. The molecule has 0 aliphatic heterocycles. The summed E-state index contributed by atoms with van der Waals surface area (Å²) in [6.07, 6.45) is 0. The molecule has 1 aromatic carbocycles. The van der Waals surface area contributed by atoms with Gasteiger partial charge in [-0.05, 0) is 36.3 Å². The number of thiazole rings is 1. The van der Waals surface area contributed by atoms with Gasteiger partial charge >= 0.3 is 0 Å². The highest BCUT2D eigenvalue weighted by Crippen LogP contribution is 2.31.